The minimum Gasteiger partial charge on any atom is -0.381 e. The highest BCUT2D eigenvalue weighted by Crippen LogP contribution is 2.32. The van der Waals surface area contributed by atoms with Crippen LogP contribution in [0.5, 0.6) is 0 Å². The molecule has 0 aliphatic carbocycles. The first kappa shape index (κ1) is 27.9. The molecule has 10 nitrogen and oxygen atoms in total. The molecular formula is C30H26Cl2N6O4. The zero-order valence-electron chi connectivity index (χ0n) is 22.6. The van der Waals surface area contributed by atoms with Crippen LogP contribution in [0.1, 0.15) is 28.9 Å². The number of imidazole rings is 1. The summed E-state index contributed by atoms with van der Waals surface area (Å²) in [6, 6.07) is 17.5. The van der Waals surface area contributed by atoms with Crippen LogP contribution in [-0.2, 0) is 18.3 Å². The van der Waals surface area contributed by atoms with E-state index in [2.05, 4.69) is 10.3 Å². The first-order valence-electron chi connectivity index (χ1n) is 13.4. The average Bonchev–Trinajstić information content (AvgIpc) is 3.40. The summed E-state index contributed by atoms with van der Waals surface area (Å²) in [6.07, 6.45) is 3.01. The van der Waals surface area contributed by atoms with E-state index in [1.807, 2.05) is 6.07 Å². The molecule has 4 heterocycles. The number of hydrogen-bond donors (Lipinski definition) is 1. The van der Waals surface area contributed by atoms with E-state index in [0.717, 1.165) is 17.4 Å². The van der Waals surface area contributed by atoms with E-state index >= 15 is 0 Å². The van der Waals surface area contributed by atoms with Crippen molar-refractivity contribution in [2.24, 2.45) is 7.05 Å². The normalized spacial score (nSPS) is 13.9. The number of fused-ring (bicyclic) bond motifs is 1. The summed E-state index contributed by atoms with van der Waals surface area (Å²) in [7, 11) is 1.42. The predicted molar refractivity (Wildman–Crippen MR) is 161 cm³/mol. The molecule has 1 amide bonds. The third-order valence-electron chi connectivity index (χ3n) is 7.30. The molecule has 1 aliphatic heterocycles. The Bertz CT molecular complexity index is 1910. The molecule has 214 valence electrons. The number of benzene rings is 2. The number of halogens is 2. The highest BCUT2D eigenvalue weighted by molar-refractivity contribution is 6.33. The maximum absolute atomic E-state index is 13.6. The van der Waals surface area contributed by atoms with E-state index < -0.39 is 11.2 Å². The van der Waals surface area contributed by atoms with Gasteiger partial charge in [-0.2, -0.15) is 0 Å². The van der Waals surface area contributed by atoms with Crippen LogP contribution in [0.2, 0.25) is 10.0 Å². The van der Waals surface area contributed by atoms with Crippen LogP contribution < -0.4 is 16.6 Å². The van der Waals surface area contributed by atoms with Gasteiger partial charge in [-0.15, -0.1) is 0 Å². The Hall–Kier alpha value is -4.25. The second-order valence-electron chi connectivity index (χ2n) is 10.0. The van der Waals surface area contributed by atoms with Crippen LogP contribution in [0.4, 0.5) is 0 Å². The van der Waals surface area contributed by atoms with Crippen molar-refractivity contribution >= 4 is 40.3 Å². The smallest absolute Gasteiger partial charge is 0.332 e. The Morgan fingerprint density at radius 1 is 1.02 bits per heavy atom. The van der Waals surface area contributed by atoms with E-state index in [9.17, 15) is 14.4 Å². The number of aromatic nitrogens is 5. The van der Waals surface area contributed by atoms with Gasteiger partial charge in [0, 0.05) is 48.8 Å². The zero-order chi connectivity index (χ0) is 29.4. The lowest BCUT2D eigenvalue weighted by molar-refractivity contribution is 0.0696. The number of hydrogen-bond acceptors (Lipinski definition) is 6. The van der Waals surface area contributed by atoms with Crippen LogP contribution in [0.3, 0.4) is 0 Å². The van der Waals surface area contributed by atoms with Crippen molar-refractivity contribution in [1.82, 2.24) is 29.0 Å². The molecule has 2 aromatic carbocycles. The maximum atomic E-state index is 13.6. The molecule has 0 spiro atoms. The van der Waals surface area contributed by atoms with E-state index in [1.54, 1.807) is 59.2 Å². The molecule has 0 saturated carbocycles. The summed E-state index contributed by atoms with van der Waals surface area (Å²) < 4.78 is 9.48. The van der Waals surface area contributed by atoms with Crippen LogP contribution in [0.25, 0.3) is 28.2 Å². The summed E-state index contributed by atoms with van der Waals surface area (Å²) in [5, 5.41) is 3.98. The summed E-state index contributed by atoms with van der Waals surface area (Å²) in [6.45, 7) is 1.26. The number of carbonyl (C=O) groups excluding carboxylic acids is 1. The van der Waals surface area contributed by atoms with E-state index in [1.165, 1.54) is 17.8 Å². The molecule has 0 atom stereocenters. The van der Waals surface area contributed by atoms with Crippen molar-refractivity contribution in [1.29, 1.82) is 0 Å². The standard InChI is InChI=1S/C30H26Cl2N6O4/c1-36-29(40)25-27(35-26(23-4-2-3-5-24(23)32)38(25)22-10-7-19(31)8-11-22)37(30(36)41)17-21-9-6-18(16-33-21)28(39)34-20-12-14-42-15-13-20/h2-11,16,20H,12-15,17H2,1H3,(H,34,39). The van der Waals surface area contributed by atoms with Gasteiger partial charge in [0.1, 0.15) is 5.82 Å². The van der Waals surface area contributed by atoms with Gasteiger partial charge in [-0.05, 0) is 61.4 Å². The van der Waals surface area contributed by atoms with Gasteiger partial charge in [0.2, 0.25) is 0 Å². The summed E-state index contributed by atoms with van der Waals surface area (Å²) in [5.41, 5.74) is 1.44. The molecule has 1 N–H and O–H groups in total. The summed E-state index contributed by atoms with van der Waals surface area (Å²) >= 11 is 12.7. The number of amides is 1. The van der Waals surface area contributed by atoms with Gasteiger partial charge in [0.25, 0.3) is 11.5 Å². The van der Waals surface area contributed by atoms with Crippen LogP contribution in [0, 0.1) is 0 Å². The molecule has 12 heteroatoms. The molecular weight excluding hydrogens is 579 g/mol. The molecule has 1 aliphatic rings. The van der Waals surface area contributed by atoms with Gasteiger partial charge in [-0.3, -0.25) is 28.3 Å². The van der Waals surface area contributed by atoms with Crippen molar-refractivity contribution < 1.29 is 9.53 Å². The molecule has 0 bridgehead atoms. The molecule has 3 aromatic heterocycles. The lowest BCUT2D eigenvalue weighted by Gasteiger charge is -2.23. The largest absolute Gasteiger partial charge is 0.381 e. The number of pyridine rings is 1. The molecule has 6 rings (SSSR count). The van der Waals surface area contributed by atoms with Crippen molar-refractivity contribution in [2.75, 3.05) is 13.2 Å². The zero-order valence-corrected chi connectivity index (χ0v) is 24.1. The van der Waals surface area contributed by atoms with Gasteiger partial charge in [0.15, 0.2) is 11.2 Å². The third kappa shape index (κ3) is 5.24. The van der Waals surface area contributed by atoms with E-state index in [-0.39, 0.29) is 29.7 Å². The van der Waals surface area contributed by atoms with Crippen LogP contribution in [-0.4, -0.2) is 48.8 Å². The SMILES string of the molecule is Cn1c(=O)c2c(nc(-c3ccccc3Cl)n2-c2ccc(Cl)cc2)n(Cc2ccc(C(=O)NC3CCOCC3)cn2)c1=O. The Balaban J connectivity index is 1.45. The van der Waals surface area contributed by atoms with Crippen LogP contribution in [0.15, 0.2) is 76.4 Å². The molecule has 1 fully saturated rings. The fourth-order valence-corrected chi connectivity index (χ4v) is 5.38. The Morgan fingerprint density at radius 3 is 2.45 bits per heavy atom. The topological polar surface area (TPSA) is 113 Å². The molecule has 0 unspecified atom stereocenters. The van der Waals surface area contributed by atoms with Gasteiger partial charge in [-0.25, -0.2) is 9.78 Å². The fraction of sp³-hybridized carbons (Fsp3) is 0.233. The summed E-state index contributed by atoms with van der Waals surface area (Å²) in [4.78, 5) is 49.0. The Morgan fingerprint density at radius 2 is 1.76 bits per heavy atom. The van der Waals surface area contributed by atoms with Gasteiger partial charge >= 0.3 is 5.69 Å². The van der Waals surface area contributed by atoms with Crippen molar-refractivity contribution in [3.63, 3.8) is 0 Å². The third-order valence-corrected chi connectivity index (χ3v) is 7.88. The highest BCUT2D eigenvalue weighted by atomic mass is 35.5. The Kier molecular flexibility index (Phi) is 7.68. The maximum Gasteiger partial charge on any atom is 0.332 e. The number of ether oxygens (including phenoxy) is 1. The first-order valence-corrected chi connectivity index (χ1v) is 14.1. The second-order valence-corrected chi connectivity index (χ2v) is 10.9. The van der Waals surface area contributed by atoms with Gasteiger partial charge < -0.3 is 10.1 Å². The first-order chi connectivity index (χ1) is 20.3. The number of nitrogens with zero attached hydrogens (tertiary/aromatic N) is 5. The average molecular weight is 605 g/mol. The van der Waals surface area contributed by atoms with Crippen LogP contribution >= 0.6 is 23.2 Å². The second kappa shape index (κ2) is 11.6. The van der Waals surface area contributed by atoms with Gasteiger partial charge in [0.05, 0.1) is 22.8 Å². The van der Waals surface area contributed by atoms with E-state index in [0.29, 0.717) is 51.6 Å². The molecule has 0 radical (unpaired) electrons. The number of carbonyl (C=O) groups is 1. The monoisotopic (exact) mass is 604 g/mol. The minimum atomic E-state index is -0.554. The molecule has 5 aromatic rings. The highest BCUT2D eigenvalue weighted by Gasteiger charge is 2.24. The minimum absolute atomic E-state index is 0.0188. The van der Waals surface area contributed by atoms with Crippen molar-refractivity contribution in [2.45, 2.75) is 25.4 Å². The Labute approximate surface area is 250 Å². The quantitative estimate of drug-likeness (QED) is 0.310. The lowest BCUT2D eigenvalue weighted by Crippen LogP contribution is -2.39. The molecule has 1 saturated heterocycles. The number of rotatable bonds is 6. The predicted octanol–water partition coefficient (Wildman–Crippen LogP) is 4.21. The van der Waals surface area contributed by atoms with Gasteiger partial charge in [-0.1, -0.05) is 35.3 Å². The van der Waals surface area contributed by atoms with Crippen molar-refractivity contribution in [3.05, 3.63) is 109 Å². The summed E-state index contributed by atoms with van der Waals surface area (Å²) in [5.74, 6) is 0.177. The van der Waals surface area contributed by atoms with E-state index in [4.69, 9.17) is 32.9 Å². The lowest BCUT2D eigenvalue weighted by atomic mass is 10.1. The van der Waals surface area contributed by atoms with Crippen molar-refractivity contribution in [3.8, 4) is 17.1 Å². The number of nitrogens with one attached hydrogen (secondary N) is 1. The fourth-order valence-electron chi connectivity index (χ4n) is 5.04. The molecule has 42 heavy (non-hydrogen) atoms.